The number of carbonyl (C=O) groups is 2. The summed E-state index contributed by atoms with van der Waals surface area (Å²) in [4.78, 5) is 37.0. The molecule has 1 saturated carbocycles. The number of nitrogens with zero attached hydrogens (tertiary/aromatic N) is 3. The van der Waals surface area contributed by atoms with Gasteiger partial charge >= 0.3 is 0 Å². The normalized spacial score (nSPS) is 18.4. The van der Waals surface area contributed by atoms with Crippen molar-refractivity contribution >= 4 is 39.9 Å². The standard InChI is InChI=1S/C24H27N7O3/c1-12-17(10-29-24-21(12)27-5-6-34-24)19-8-15-9-20(28-11-18(15)22(25)30-19)31-23(33)16-7-14(16)3-4-26-13(2)32/h8-11,14,16,27H,3-7H2,1-2H3,(H2,25,30)(H,26,32)(H,28,31,33). The molecule has 2 atom stereocenters. The van der Waals surface area contributed by atoms with Crippen molar-refractivity contribution in [1.82, 2.24) is 20.3 Å². The van der Waals surface area contributed by atoms with Gasteiger partial charge in [0.2, 0.25) is 17.7 Å². The van der Waals surface area contributed by atoms with Gasteiger partial charge in [-0.1, -0.05) is 0 Å². The summed E-state index contributed by atoms with van der Waals surface area (Å²) in [5.41, 5.74) is 9.64. The number of fused-ring (bicyclic) bond motifs is 2. The van der Waals surface area contributed by atoms with Gasteiger partial charge in [-0.2, -0.15) is 0 Å². The Bertz CT molecular complexity index is 1290. The Kier molecular flexibility index (Phi) is 5.64. The molecular formula is C24H27N7O3. The van der Waals surface area contributed by atoms with Crippen molar-refractivity contribution in [1.29, 1.82) is 0 Å². The highest BCUT2D eigenvalue weighted by molar-refractivity contribution is 5.98. The smallest absolute Gasteiger partial charge is 0.237 e. The van der Waals surface area contributed by atoms with Crippen LogP contribution in [0.3, 0.4) is 0 Å². The third kappa shape index (κ3) is 4.30. The van der Waals surface area contributed by atoms with Crippen LogP contribution in [0.4, 0.5) is 17.3 Å². The Balaban J connectivity index is 1.36. The van der Waals surface area contributed by atoms with Crippen LogP contribution < -0.4 is 26.4 Å². The van der Waals surface area contributed by atoms with Crippen molar-refractivity contribution < 1.29 is 14.3 Å². The van der Waals surface area contributed by atoms with Crippen LogP contribution in [-0.2, 0) is 9.59 Å². The van der Waals surface area contributed by atoms with E-state index in [2.05, 4.69) is 30.9 Å². The number of nitrogens with two attached hydrogens (primary N) is 1. The second-order valence-electron chi connectivity index (χ2n) is 8.80. The van der Waals surface area contributed by atoms with Crippen LogP contribution in [0.25, 0.3) is 22.0 Å². The molecule has 4 heterocycles. The number of nitrogen functional groups attached to an aromatic ring is 1. The average Bonchev–Trinajstić information content (AvgIpc) is 3.59. The van der Waals surface area contributed by atoms with Crippen LogP contribution in [0.5, 0.6) is 5.88 Å². The van der Waals surface area contributed by atoms with Crippen LogP contribution in [0.2, 0.25) is 0 Å². The Hall–Kier alpha value is -3.95. The molecule has 176 valence electrons. The fourth-order valence-electron chi connectivity index (χ4n) is 4.40. The fraction of sp³-hybridized carbons (Fsp3) is 0.375. The quantitative estimate of drug-likeness (QED) is 0.438. The first kappa shape index (κ1) is 21.9. The highest BCUT2D eigenvalue weighted by Crippen LogP contribution is 2.42. The zero-order valence-corrected chi connectivity index (χ0v) is 19.1. The van der Waals surface area contributed by atoms with Gasteiger partial charge in [0.15, 0.2) is 0 Å². The van der Waals surface area contributed by atoms with E-state index in [0.717, 1.165) is 41.6 Å². The first-order valence-electron chi connectivity index (χ1n) is 11.4. The van der Waals surface area contributed by atoms with E-state index in [-0.39, 0.29) is 23.7 Å². The summed E-state index contributed by atoms with van der Waals surface area (Å²) in [7, 11) is 0. The van der Waals surface area contributed by atoms with Gasteiger partial charge < -0.3 is 26.4 Å². The lowest BCUT2D eigenvalue weighted by molar-refractivity contribution is -0.119. The molecule has 0 radical (unpaired) electrons. The lowest BCUT2D eigenvalue weighted by atomic mass is 10.0. The predicted molar refractivity (Wildman–Crippen MR) is 129 cm³/mol. The zero-order chi connectivity index (χ0) is 23.8. The molecule has 5 rings (SSSR count). The summed E-state index contributed by atoms with van der Waals surface area (Å²) >= 11 is 0. The molecule has 10 nitrogen and oxygen atoms in total. The largest absolute Gasteiger partial charge is 0.474 e. The maximum Gasteiger partial charge on any atom is 0.237 e. The predicted octanol–water partition coefficient (Wildman–Crippen LogP) is 2.49. The SMILES string of the molecule is CC(=O)NCCC1CC1C(=O)Nc1cc2cc(-c3cnc4c(c3C)NCCO4)nc(N)c2cn1. The monoisotopic (exact) mass is 461 g/mol. The molecule has 2 unspecified atom stereocenters. The van der Waals surface area contributed by atoms with Gasteiger partial charge in [0.1, 0.15) is 23.9 Å². The highest BCUT2D eigenvalue weighted by Gasteiger charge is 2.42. The molecule has 2 aliphatic rings. The van der Waals surface area contributed by atoms with E-state index in [4.69, 9.17) is 10.5 Å². The number of hydrogen-bond donors (Lipinski definition) is 4. The molecule has 34 heavy (non-hydrogen) atoms. The van der Waals surface area contributed by atoms with E-state index in [0.29, 0.717) is 41.7 Å². The van der Waals surface area contributed by atoms with E-state index in [9.17, 15) is 9.59 Å². The van der Waals surface area contributed by atoms with Crippen molar-refractivity contribution in [2.45, 2.75) is 26.7 Å². The number of carbonyl (C=O) groups excluding carboxylic acids is 2. The summed E-state index contributed by atoms with van der Waals surface area (Å²) < 4.78 is 5.62. The van der Waals surface area contributed by atoms with Crippen molar-refractivity contribution in [3.8, 4) is 17.1 Å². The van der Waals surface area contributed by atoms with Crippen LogP contribution in [-0.4, -0.2) is 46.5 Å². The summed E-state index contributed by atoms with van der Waals surface area (Å²) in [5.74, 6) is 1.55. The number of nitrogens with one attached hydrogen (secondary N) is 3. The van der Waals surface area contributed by atoms with Crippen LogP contribution in [0.1, 0.15) is 25.3 Å². The van der Waals surface area contributed by atoms with Gasteiger partial charge in [0.05, 0.1) is 5.69 Å². The molecule has 0 spiro atoms. The maximum absolute atomic E-state index is 12.7. The van der Waals surface area contributed by atoms with Crippen LogP contribution >= 0.6 is 0 Å². The van der Waals surface area contributed by atoms with E-state index in [1.165, 1.54) is 6.92 Å². The molecule has 0 saturated heterocycles. The van der Waals surface area contributed by atoms with Gasteiger partial charge in [-0.05, 0) is 48.8 Å². The molecule has 1 fully saturated rings. The van der Waals surface area contributed by atoms with E-state index >= 15 is 0 Å². The molecule has 5 N–H and O–H groups in total. The van der Waals surface area contributed by atoms with Crippen LogP contribution in [0, 0.1) is 18.8 Å². The van der Waals surface area contributed by atoms with E-state index in [1.54, 1.807) is 12.4 Å². The minimum atomic E-state index is -0.0545. The third-order valence-electron chi connectivity index (χ3n) is 6.37. The van der Waals surface area contributed by atoms with E-state index < -0.39 is 0 Å². The molecular weight excluding hydrogens is 434 g/mol. The van der Waals surface area contributed by atoms with Gasteiger partial charge in [-0.25, -0.2) is 15.0 Å². The Morgan fingerprint density at radius 1 is 1.26 bits per heavy atom. The molecule has 1 aliphatic carbocycles. The highest BCUT2D eigenvalue weighted by atomic mass is 16.5. The lowest BCUT2D eigenvalue weighted by Gasteiger charge is -2.21. The summed E-state index contributed by atoms with van der Waals surface area (Å²) in [5, 5.41) is 10.6. The second-order valence-corrected chi connectivity index (χ2v) is 8.80. The summed E-state index contributed by atoms with van der Waals surface area (Å²) in [6.07, 6.45) is 4.99. The topological polar surface area (TPSA) is 144 Å². The lowest BCUT2D eigenvalue weighted by Crippen LogP contribution is -2.22. The fourth-order valence-corrected chi connectivity index (χ4v) is 4.40. The molecule has 3 aromatic rings. The summed E-state index contributed by atoms with van der Waals surface area (Å²) in [6, 6.07) is 3.74. The van der Waals surface area contributed by atoms with Crippen molar-refractivity contribution in [2.24, 2.45) is 11.8 Å². The Morgan fingerprint density at radius 3 is 2.94 bits per heavy atom. The number of aromatic nitrogens is 3. The third-order valence-corrected chi connectivity index (χ3v) is 6.37. The zero-order valence-electron chi connectivity index (χ0n) is 19.1. The van der Waals surface area contributed by atoms with E-state index in [1.807, 2.05) is 19.1 Å². The molecule has 0 bridgehead atoms. The number of ether oxygens (including phenoxy) is 1. The van der Waals surface area contributed by atoms with Crippen molar-refractivity contribution in [3.05, 3.63) is 30.1 Å². The number of anilines is 3. The molecule has 0 aromatic carbocycles. The molecule has 10 heteroatoms. The first-order valence-corrected chi connectivity index (χ1v) is 11.4. The minimum Gasteiger partial charge on any atom is -0.474 e. The Morgan fingerprint density at radius 2 is 2.12 bits per heavy atom. The number of hydrogen-bond acceptors (Lipinski definition) is 8. The van der Waals surface area contributed by atoms with Gasteiger partial charge in [0.25, 0.3) is 0 Å². The van der Waals surface area contributed by atoms with Crippen LogP contribution in [0.15, 0.2) is 24.5 Å². The molecule has 3 aromatic heterocycles. The van der Waals surface area contributed by atoms with Gasteiger partial charge in [-0.3, -0.25) is 9.59 Å². The maximum atomic E-state index is 12.7. The first-order chi connectivity index (χ1) is 16.4. The molecule has 2 amide bonds. The number of pyridine rings is 3. The van der Waals surface area contributed by atoms with Crippen molar-refractivity contribution in [3.63, 3.8) is 0 Å². The number of amides is 2. The second kappa shape index (κ2) is 8.77. The summed E-state index contributed by atoms with van der Waals surface area (Å²) in [6.45, 7) is 5.38. The van der Waals surface area contributed by atoms with Gasteiger partial charge in [-0.15, -0.1) is 0 Å². The Labute approximate surface area is 196 Å². The molecule has 1 aliphatic heterocycles. The average molecular weight is 462 g/mol. The van der Waals surface area contributed by atoms with Gasteiger partial charge in [0, 0.05) is 49.3 Å². The number of rotatable bonds is 6. The minimum absolute atomic E-state index is 0.0525. The van der Waals surface area contributed by atoms with Crippen molar-refractivity contribution in [2.75, 3.05) is 36.1 Å².